The van der Waals surface area contributed by atoms with Gasteiger partial charge in [0.1, 0.15) is 0 Å². The summed E-state index contributed by atoms with van der Waals surface area (Å²) >= 11 is 0. The summed E-state index contributed by atoms with van der Waals surface area (Å²) in [5.74, 6) is -0.114. The van der Waals surface area contributed by atoms with E-state index in [9.17, 15) is 4.79 Å². The first kappa shape index (κ1) is 13.7. The van der Waals surface area contributed by atoms with E-state index in [0.29, 0.717) is 5.56 Å². The molecular weight excluding hydrogens is 264 g/mol. The Hall–Kier alpha value is -2.30. The highest BCUT2D eigenvalue weighted by atomic mass is 16.1. The van der Waals surface area contributed by atoms with Crippen LogP contribution in [-0.2, 0) is 0 Å². The minimum atomic E-state index is -0.114. The minimum absolute atomic E-state index is 0.114. The molecule has 1 aromatic carbocycles. The lowest BCUT2D eigenvalue weighted by Crippen LogP contribution is -2.18. The van der Waals surface area contributed by atoms with E-state index >= 15 is 0 Å². The lowest BCUT2D eigenvalue weighted by molar-refractivity contribution is 0.102. The molecule has 0 spiro atoms. The molecule has 0 bridgehead atoms. The smallest absolute Gasteiger partial charge is 0.259 e. The van der Waals surface area contributed by atoms with E-state index in [1.54, 1.807) is 0 Å². The van der Waals surface area contributed by atoms with Crippen LogP contribution in [0.1, 0.15) is 34.6 Å². The number of carbonyl (C=O) groups excluding carboxylic acids is 1. The maximum Gasteiger partial charge on any atom is 0.259 e. The molecule has 1 aliphatic heterocycles. The van der Waals surface area contributed by atoms with E-state index in [4.69, 9.17) is 0 Å². The van der Waals surface area contributed by atoms with Crippen LogP contribution in [0, 0.1) is 13.8 Å². The second kappa shape index (κ2) is 5.60. The van der Waals surface area contributed by atoms with Crippen LogP contribution in [-0.4, -0.2) is 29.2 Å². The molecule has 1 aliphatic rings. The molecule has 0 aliphatic carbocycles. The van der Waals surface area contributed by atoms with E-state index in [1.165, 1.54) is 18.5 Å². The Kier molecular flexibility index (Phi) is 3.64. The SMILES string of the molecule is Cc1n[nH]c(C)c1C(=O)Nc1cccc(N2CCCC2)c1. The first-order valence-corrected chi connectivity index (χ1v) is 7.33. The fourth-order valence-corrected chi connectivity index (χ4v) is 2.83. The van der Waals surface area contributed by atoms with Crippen LogP contribution in [0.3, 0.4) is 0 Å². The third-order valence-electron chi connectivity index (χ3n) is 3.93. The van der Waals surface area contributed by atoms with Gasteiger partial charge < -0.3 is 10.2 Å². The second-order valence-corrected chi connectivity index (χ2v) is 5.51. The maximum absolute atomic E-state index is 12.4. The molecule has 5 heteroatoms. The number of nitrogens with one attached hydrogen (secondary N) is 2. The summed E-state index contributed by atoms with van der Waals surface area (Å²) < 4.78 is 0. The van der Waals surface area contributed by atoms with E-state index in [-0.39, 0.29) is 5.91 Å². The molecule has 2 heterocycles. The van der Waals surface area contributed by atoms with Gasteiger partial charge in [-0.15, -0.1) is 0 Å². The number of carbonyl (C=O) groups is 1. The molecule has 0 saturated carbocycles. The van der Waals surface area contributed by atoms with Crippen LogP contribution < -0.4 is 10.2 Å². The van der Waals surface area contributed by atoms with E-state index in [2.05, 4.69) is 26.5 Å². The lowest BCUT2D eigenvalue weighted by Gasteiger charge is -2.18. The number of rotatable bonds is 3. The van der Waals surface area contributed by atoms with Crippen LogP contribution in [0.15, 0.2) is 24.3 Å². The third kappa shape index (κ3) is 2.77. The fourth-order valence-electron chi connectivity index (χ4n) is 2.83. The van der Waals surface area contributed by atoms with Gasteiger partial charge in [-0.3, -0.25) is 9.89 Å². The molecule has 0 atom stereocenters. The van der Waals surface area contributed by atoms with Crippen molar-refractivity contribution in [1.29, 1.82) is 0 Å². The Morgan fingerprint density at radius 3 is 2.71 bits per heavy atom. The molecule has 1 fully saturated rings. The van der Waals surface area contributed by atoms with E-state index < -0.39 is 0 Å². The van der Waals surface area contributed by atoms with Gasteiger partial charge in [0.15, 0.2) is 0 Å². The summed E-state index contributed by atoms with van der Waals surface area (Å²) in [6.45, 7) is 5.88. The van der Waals surface area contributed by atoms with Gasteiger partial charge in [0, 0.05) is 30.2 Å². The Labute approximate surface area is 124 Å². The first-order chi connectivity index (χ1) is 10.1. The van der Waals surface area contributed by atoms with Crippen molar-refractivity contribution in [3.8, 4) is 0 Å². The molecule has 110 valence electrons. The number of benzene rings is 1. The van der Waals surface area contributed by atoms with Crippen LogP contribution in [0.2, 0.25) is 0 Å². The average molecular weight is 284 g/mol. The number of nitrogens with zero attached hydrogens (tertiary/aromatic N) is 2. The minimum Gasteiger partial charge on any atom is -0.371 e. The number of hydrogen-bond acceptors (Lipinski definition) is 3. The van der Waals surface area contributed by atoms with Crippen LogP contribution in [0.4, 0.5) is 11.4 Å². The lowest BCUT2D eigenvalue weighted by atomic mass is 10.2. The summed E-state index contributed by atoms with van der Waals surface area (Å²) in [4.78, 5) is 14.7. The third-order valence-corrected chi connectivity index (χ3v) is 3.93. The number of amides is 1. The quantitative estimate of drug-likeness (QED) is 0.911. The van der Waals surface area contributed by atoms with Crippen molar-refractivity contribution in [3.63, 3.8) is 0 Å². The Balaban J connectivity index is 1.78. The highest BCUT2D eigenvalue weighted by Crippen LogP contribution is 2.24. The summed E-state index contributed by atoms with van der Waals surface area (Å²) in [6.07, 6.45) is 2.48. The van der Waals surface area contributed by atoms with E-state index in [1.807, 2.05) is 32.0 Å². The first-order valence-electron chi connectivity index (χ1n) is 7.33. The normalized spacial score (nSPS) is 14.5. The van der Waals surface area contributed by atoms with Gasteiger partial charge in [-0.05, 0) is 44.9 Å². The van der Waals surface area contributed by atoms with Crippen molar-refractivity contribution in [2.24, 2.45) is 0 Å². The monoisotopic (exact) mass is 284 g/mol. The van der Waals surface area contributed by atoms with Crippen LogP contribution in [0.25, 0.3) is 0 Å². The Bertz CT molecular complexity index is 637. The largest absolute Gasteiger partial charge is 0.371 e. The molecule has 2 N–H and O–H groups in total. The summed E-state index contributed by atoms with van der Waals surface area (Å²) in [7, 11) is 0. The van der Waals surface area contributed by atoms with E-state index in [0.717, 1.165) is 30.2 Å². The standard InChI is InChI=1S/C16H20N4O/c1-11-15(12(2)19-18-11)16(21)17-13-6-5-7-14(10-13)20-8-3-4-9-20/h5-7,10H,3-4,8-9H2,1-2H3,(H,17,21)(H,18,19). The van der Waals surface area contributed by atoms with Crippen molar-refractivity contribution in [3.05, 3.63) is 41.2 Å². The van der Waals surface area contributed by atoms with Gasteiger partial charge in [-0.2, -0.15) is 5.10 Å². The molecule has 21 heavy (non-hydrogen) atoms. The van der Waals surface area contributed by atoms with Gasteiger partial charge in [0.2, 0.25) is 0 Å². The molecule has 0 unspecified atom stereocenters. The van der Waals surface area contributed by atoms with Gasteiger partial charge in [0.25, 0.3) is 5.91 Å². The van der Waals surface area contributed by atoms with Gasteiger partial charge in [0.05, 0.1) is 11.3 Å². The molecular formula is C16H20N4O. The highest BCUT2D eigenvalue weighted by Gasteiger charge is 2.16. The number of aromatic nitrogens is 2. The predicted octanol–water partition coefficient (Wildman–Crippen LogP) is 2.88. The topological polar surface area (TPSA) is 61.0 Å². The molecule has 3 rings (SSSR count). The number of anilines is 2. The number of aryl methyl sites for hydroxylation is 2. The molecule has 1 amide bonds. The fraction of sp³-hybridized carbons (Fsp3) is 0.375. The number of H-pyrrole nitrogens is 1. The summed E-state index contributed by atoms with van der Waals surface area (Å²) in [5, 5.41) is 9.87. The van der Waals surface area contributed by atoms with Crippen molar-refractivity contribution in [1.82, 2.24) is 10.2 Å². The van der Waals surface area contributed by atoms with Crippen molar-refractivity contribution >= 4 is 17.3 Å². The summed E-state index contributed by atoms with van der Waals surface area (Å²) in [5.41, 5.74) is 4.14. The summed E-state index contributed by atoms with van der Waals surface area (Å²) in [6, 6.07) is 8.03. The zero-order valence-corrected chi connectivity index (χ0v) is 12.4. The Morgan fingerprint density at radius 1 is 1.29 bits per heavy atom. The predicted molar refractivity (Wildman–Crippen MR) is 83.9 cm³/mol. The highest BCUT2D eigenvalue weighted by molar-refractivity contribution is 6.06. The maximum atomic E-state index is 12.4. The zero-order chi connectivity index (χ0) is 14.8. The molecule has 0 radical (unpaired) electrons. The average Bonchev–Trinajstić information content (AvgIpc) is 3.09. The van der Waals surface area contributed by atoms with Crippen molar-refractivity contribution in [2.45, 2.75) is 26.7 Å². The van der Waals surface area contributed by atoms with Crippen LogP contribution >= 0.6 is 0 Å². The van der Waals surface area contributed by atoms with Gasteiger partial charge in [-0.25, -0.2) is 0 Å². The molecule has 5 nitrogen and oxygen atoms in total. The Morgan fingerprint density at radius 2 is 2.05 bits per heavy atom. The van der Waals surface area contributed by atoms with Crippen molar-refractivity contribution in [2.75, 3.05) is 23.3 Å². The molecule has 2 aromatic rings. The zero-order valence-electron chi connectivity index (χ0n) is 12.4. The van der Waals surface area contributed by atoms with Gasteiger partial charge >= 0.3 is 0 Å². The number of aromatic amines is 1. The molecule has 1 aromatic heterocycles. The molecule has 1 saturated heterocycles. The second-order valence-electron chi connectivity index (χ2n) is 5.51. The number of hydrogen-bond donors (Lipinski definition) is 2. The van der Waals surface area contributed by atoms with Gasteiger partial charge in [-0.1, -0.05) is 6.07 Å². The van der Waals surface area contributed by atoms with Crippen molar-refractivity contribution < 1.29 is 4.79 Å². The van der Waals surface area contributed by atoms with Crippen LogP contribution in [0.5, 0.6) is 0 Å².